The van der Waals surface area contributed by atoms with Crippen molar-refractivity contribution >= 4 is 12.0 Å². The molecule has 1 aromatic rings. The highest BCUT2D eigenvalue weighted by Crippen LogP contribution is 2.06. The maximum Gasteiger partial charge on any atom is 0.336 e. The summed E-state index contributed by atoms with van der Waals surface area (Å²) in [7, 11) is 1.48. The number of nitrogens with one attached hydrogen (secondary N) is 2. The minimum absolute atomic E-state index is 0.134. The van der Waals surface area contributed by atoms with E-state index in [4.69, 9.17) is 5.11 Å². The van der Waals surface area contributed by atoms with Crippen LogP contribution in [0.3, 0.4) is 0 Å². The number of rotatable bonds is 3. The summed E-state index contributed by atoms with van der Waals surface area (Å²) in [6, 6.07) is 1.03. The Labute approximate surface area is 86.3 Å². The lowest BCUT2D eigenvalue weighted by Gasteiger charge is -2.06. The molecule has 0 saturated heterocycles. The second-order valence-corrected chi connectivity index (χ2v) is 2.77. The highest BCUT2D eigenvalue weighted by atomic mass is 16.4. The van der Waals surface area contributed by atoms with Crippen LogP contribution >= 0.6 is 0 Å². The van der Waals surface area contributed by atoms with Crippen LogP contribution in [0.1, 0.15) is 15.9 Å². The van der Waals surface area contributed by atoms with Crippen LogP contribution in [-0.4, -0.2) is 29.1 Å². The van der Waals surface area contributed by atoms with Gasteiger partial charge in [-0.05, 0) is 6.07 Å². The molecule has 0 bridgehead atoms. The molecule has 0 aliphatic heterocycles. The molecule has 1 rings (SSSR count). The first kappa shape index (κ1) is 11.0. The number of nitrogens with zero attached hydrogens (tertiary/aromatic N) is 1. The summed E-state index contributed by atoms with van der Waals surface area (Å²) in [6.07, 6.45) is 2.81. The number of aromatic carboxylic acids is 1. The Bertz CT molecular complexity index is 379. The molecule has 15 heavy (non-hydrogen) atoms. The molecule has 0 aliphatic rings. The zero-order valence-electron chi connectivity index (χ0n) is 8.15. The van der Waals surface area contributed by atoms with E-state index in [0.717, 1.165) is 0 Å². The van der Waals surface area contributed by atoms with E-state index in [0.29, 0.717) is 5.56 Å². The Morgan fingerprint density at radius 1 is 1.53 bits per heavy atom. The first-order valence-corrected chi connectivity index (χ1v) is 4.27. The van der Waals surface area contributed by atoms with Crippen LogP contribution in [0.2, 0.25) is 0 Å². The molecule has 0 atom stereocenters. The van der Waals surface area contributed by atoms with Crippen LogP contribution in [0.4, 0.5) is 4.79 Å². The van der Waals surface area contributed by atoms with Crippen molar-refractivity contribution in [2.75, 3.05) is 7.05 Å². The minimum Gasteiger partial charge on any atom is -0.478 e. The molecule has 2 amide bonds. The van der Waals surface area contributed by atoms with Gasteiger partial charge in [0.25, 0.3) is 0 Å². The molecule has 1 heterocycles. The summed E-state index contributed by atoms with van der Waals surface area (Å²) < 4.78 is 0. The van der Waals surface area contributed by atoms with E-state index < -0.39 is 5.97 Å². The number of amides is 2. The van der Waals surface area contributed by atoms with Crippen LogP contribution < -0.4 is 10.6 Å². The average Bonchev–Trinajstić information content (AvgIpc) is 2.26. The van der Waals surface area contributed by atoms with Crippen molar-refractivity contribution < 1.29 is 14.7 Å². The molecule has 0 radical (unpaired) electrons. The predicted octanol–water partition coefficient (Wildman–Crippen LogP) is 0.209. The smallest absolute Gasteiger partial charge is 0.336 e. The van der Waals surface area contributed by atoms with Crippen molar-refractivity contribution in [3.05, 3.63) is 29.6 Å². The maximum absolute atomic E-state index is 10.9. The second-order valence-electron chi connectivity index (χ2n) is 2.77. The summed E-state index contributed by atoms with van der Waals surface area (Å²) in [5.41, 5.74) is 0.606. The Morgan fingerprint density at radius 3 is 2.87 bits per heavy atom. The second kappa shape index (κ2) is 4.94. The third kappa shape index (κ3) is 2.94. The zero-order chi connectivity index (χ0) is 11.3. The highest BCUT2D eigenvalue weighted by molar-refractivity contribution is 5.89. The summed E-state index contributed by atoms with van der Waals surface area (Å²) in [4.78, 5) is 25.5. The lowest BCUT2D eigenvalue weighted by atomic mass is 10.1. The van der Waals surface area contributed by atoms with E-state index in [1.165, 1.54) is 25.5 Å². The van der Waals surface area contributed by atoms with Gasteiger partial charge in [0.1, 0.15) is 0 Å². The average molecular weight is 209 g/mol. The van der Waals surface area contributed by atoms with Gasteiger partial charge < -0.3 is 15.7 Å². The third-order valence-electron chi connectivity index (χ3n) is 1.80. The fourth-order valence-electron chi connectivity index (χ4n) is 1.04. The van der Waals surface area contributed by atoms with Gasteiger partial charge in [0.2, 0.25) is 0 Å². The van der Waals surface area contributed by atoms with E-state index in [9.17, 15) is 9.59 Å². The largest absolute Gasteiger partial charge is 0.478 e. The van der Waals surface area contributed by atoms with Crippen LogP contribution in [0.15, 0.2) is 18.5 Å². The summed E-state index contributed by atoms with van der Waals surface area (Å²) in [5, 5.41) is 13.7. The fourth-order valence-corrected chi connectivity index (χ4v) is 1.04. The molecule has 0 aliphatic carbocycles. The van der Waals surface area contributed by atoms with Gasteiger partial charge in [-0.25, -0.2) is 9.59 Å². The number of aromatic nitrogens is 1. The normalized spacial score (nSPS) is 9.40. The fraction of sp³-hybridized carbons (Fsp3) is 0.222. The topological polar surface area (TPSA) is 91.3 Å². The maximum atomic E-state index is 10.9. The standard InChI is InChI=1S/C9H11N3O3/c1-10-9(15)12-5-6-4-11-3-2-7(6)8(13)14/h2-4H,5H2,1H3,(H,13,14)(H2,10,12,15). The number of carboxylic acids is 1. The Balaban J connectivity index is 2.76. The summed E-state index contributed by atoms with van der Waals surface area (Å²) >= 11 is 0. The molecule has 0 spiro atoms. The molecular formula is C9H11N3O3. The third-order valence-corrected chi connectivity index (χ3v) is 1.80. The Morgan fingerprint density at radius 2 is 2.27 bits per heavy atom. The van der Waals surface area contributed by atoms with Gasteiger partial charge in [-0.3, -0.25) is 4.98 Å². The molecule has 6 heteroatoms. The van der Waals surface area contributed by atoms with E-state index in [2.05, 4.69) is 15.6 Å². The van der Waals surface area contributed by atoms with Crippen LogP contribution in [0.25, 0.3) is 0 Å². The quantitative estimate of drug-likeness (QED) is 0.663. The number of carboxylic acid groups (broad SMARTS) is 1. The van der Waals surface area contributed by atoms with Gasteiger partial charge in [0.05, 0.1) is 5.56 Å². The number of carbonyl (C=O) groups excluding carboxylic acids is 1. The van der Waals surface area contributed by atoms with Gasteiger partial charge in [-0.1, -0.05) is 0 Å². The molecule has 0 unspecified atom stereocenters. The number of hydrogen-bond donors (Lipinski definition) is 3. The monoisotopic (exact) mass is 209 g/mol. The SMILES string of the molecule is CNC(=O)NCc1cnccc1C(=O)O. The van der Waals surface area contributed by atoms with Gasteiger partial charge in [0, 0.05) is 31.5 Å². The number of pyridine rings is 1. The number of hydrogen-bond acceptors (Lipinski definition) is 3. The Hall–Kier alpha value is -2.11. The molecular weight excluding hydrogens is 198 g/mol. The van der Waals surface area contributed by atoms with Gasteiger partial charge in [-0.2, -0.15) is 0 Å². The molecule has 1 aromatic heterocycles. The molecule has 0 fully saturated rings. The molecule has 6 nitrogen and oxygen atoms in total. The van der Waals surface area contributed by atoms with Crippen LogP contribution in [-0.2, 0) is 6.54 Å². The molecule has 3 N–H and O–H groups in total. The number of urea groups is 1. The molecule has 80 valence electrons. The van der Waals surface area contributed by atoms with Crippen molar-refractivity contribution in [2.24, 2.45) is 0 Å². The van der Waals surface area contributed by atoms with Crippen molar-refractivity contribution in [3.8, 4) is 0 Å². The zero-order valence-corrected chi connectivity index (χ0v) is 8.15. The van der Waals surface area contributed by atoms with Crippen molar-refractivity contribution in [2.45, 2.75) is 6.54 Å². The first-order chi connectivity index (χ1) is 7.15. The van der Waals surface area contributed by atoms with Crippen LogP contribution in [0, 0.1) is 0 Å². The van der Waals surface area contributed by atoms with E-state index in [1.54, 1.807) is 0 Å². The van der Waals surface area contributed by atoms with Gasteiger partial charge >= 0.3 is 12.0 Å². The highest BCUT2D eigenvalue weighted by Gasteiger charge is 2.09. The summed E-state index contributed by atoms with van der Waals surface area (Å²) in [5.74, 6) is -1.04. The Kier molecular flexibility index (Phi) is 3.61. The number of carbonyl (C=O) groups is 2. The lowest BCUT2D eigenvalue weighted by molar-refractivity contribution is 0.0695. The van der Waals surface area contributed by atoms with E-state index in [-0.39, 0.29) is 18.1 Å². The van der Waals surface area contributed by atoms with Gasteiger partial charge in [0.15, 0.2) is 0 Å². The summed E-state index contributed by atoms with van der Waals surface area (Å²) in [6.45, 7) is 0.134. The predicted molar refractivity (Wildman–Crippen MR) is 52.5 cm³/mol. The van der Waals surface area contributed by atoms with Crippen LogP contribution in [0.5, 0.6) is 0 Å². The lowest BCUT2D eigenvalue weighted by Crippen LogP contribution is -2.32. The van der Waals surface area contributed by atoms with Gasteiger partial charge in [-0.15, -0.1) is 0 Å². The van der Waals surface area contributed by atoms with E-state index in [1.807, 2.05) is 0 Å². The molecule has 0 saturated carbocycles. The van der Waals surface area contributed by atoms with Crippen molar-refractivity contribution in [1.29, 1.82) is 0 Å². The van der Waals surface area contributed by atoms with E-state index >= 15 is 0 Å². The minimum atomic E-state index is -1.04. The van der Waals surface area contributed by atoms with Crippen molar-refractivity contribution in [1.82, 2.24) is 15.6 Å². The first-order valence-electron chi connectivity index (χ1n) is 4.27. The van der Waals surface area contributed by atoms with Crippen molar-refractivity contribution in [3.63, 3.8) is 0 Å². The molecule has 0 aromatic carbocycles.